The van der Waals surface area contributed by atoms with Crippen molar-refractivity contribution in [3.05, 3.63) is 12.2 Å². The predicted molar refractivity (Wildman–Crippen MR) is 64.2 cm³/mol. The largest absolute Gasteiger partial charge is 0.481 e. The number of likely N-dealkylation sites (N-methyl/N-ethyl adjacent to an activating group) is 1. The fourth-order valence-corrected chi connectivity index (χ4v) is 2.24. The molecular formula is C12H18N2O4. The van der Waals surface area contributed by atoms with Crippen LogP contribution in [0.4, 0.5) is 4.79 Å². The normalized spacial score (nSPS) is 30.4. The molecule has 0 bridgehead atoms. The Kier molecular flexibility index (Phi) is 3.86. The first-order chi connectivity index (χ1) is 8.58. The summed E-state index contributed by atoms with van der Waals surface area (Å²) in [6.07, 6.45) is 4.65. The highest BCUT2D eigenvalue weighted by molar-refractivity contribution is 5.76. The van der Waals surface area contributed by atoms with E-state index in [2.05, 4.69) is 5.32 Å². The summed E-state index contributed by atoms with van der Waals surface area (Å²) < 4.78 is 5.23. The monoisotopic (exact) mass is 254 g/mol. The van der Waals surface area contributed by atoms with Crippen LogP contribution in [0.1, 0.15) is 12.8 Å². The molecule has 2 N–H and O–H groups in total. The summed E-state index contributed by atoms with van der Waals surface area (Å²) in [6, 6.07) is -0.250. The molecule has 6 heteroatoms. The molecule has 0 saturated carbocycles. The van der Waals surface area contributed by atoms with E-state index in [9.17, 15) is 9.59 Å². The van der Waals surface area contributed by atoms with E-state index in [1.165, 1.54) is 0 Å². The first-order valence-electron chi connectivity index (χ1n) is 6.10. The zero-order chi connectivity index (χ0) is 13.1. The van der Waals surface area contributed by atoms with Gasteiger partial charge in [-0.15, -0.1) is 0 Å². The summed E-state index contributed by atoms with van der Waals surface area (Å²) in [6.45, 7) is 1.26. The van der Waals surface area contributed by atoms with Crippen LogP contribution in [0, 0.1) is 5.92 Å². The molecule has 3 unspecified atom stereocenters. The van der Waals surface area contributed by atoms with Crippen LogP contribution in [0.2, 0.25) is 0 Å². The molecule has 0 aromatic carbocycles. The molecule has 1 fully saturated rings. The van der Waals surface area contributed by atoms with Crippen LogP contribution in [-0.2, 0) is 9.53 Å². The Morgan fingerprint density at radius 2 is 2.22 bits per heavy atom. The molecule has 2 aliphatic rings. The lowest BCUT2D eigenvalue weighted by Crippen LogP contribution is -2.47. The smallest absolute Gasteiger partial charge is 0.317 e. The van der Waals surface area contributed by atoms with Crippen molar-refractivity contribution in [2.24, 2.45) is 5.92 Å². The minimum absolute atomic E-state index is 0.116. The van der Waals surface area contributed by atoms with Gasteiger partial charge in [-0.05, 0) is 12.8 Å². The van der Waals surface area contributed by atoms with Crippen molar-refractivity contribution in [1.29, 1.82) is 0 Å². The van der Waals surface area contributed by atoms with Crippen molar-refractivity contribution >= 4 is 12.0 Å². The van der Waals surface area contributed by atoms with Gasteiger partial charge in [0.05, 0.1) is 24.6 Å². The molecule has 1 aliphatic carbocycles. The Labute approximate surface area is 106 Å². The number of nitrogens with zero attached hydrogens (tertiary/aromatic N) is 1. The third kappa shape index (κ3) is 2.81. The number of aliphatic carboxylic acids is 1. The molecule has 2 amide bonds. The molecule has 1 aliphatic heterocycles. The molecule has 18 heavy (non-hydrogen) atoms. The van der Waals surface area contributed by atoms with Crippen LogP contribution in [0.3, 0.4) is 0 Å². The van der Waals surface area contributed by atoms with Gasteiger partial charge in [0.1, 0.15) is 0 Å². The van der Waals surface area contributed by atoms with Crippen molar-refractivity contribution in [1.82, 2.24) is 10.2 Å². The Morgan fingerprint density at radius 3 is 2.78 bits per heavy atom. The molecule has 100 valence electrons. The highest BCUT2D eigenvalue weighted by Crippen LogP contribution is 2.18. The second kappa shape index (κ2) is 5.39. The van der Waals surface area contributed by atoms with Crippen LogP contribution >= 0.6 is 0 Å². The summed E-state index contributed by atoms with van der Waals surface area (Å²) in [5.74, 6) is -1.34. The van der Waals surface area contributed by atoms with Gasteiger partial charge in [-0.1, -0.05) is 12.2 Å². The zero-order valence-corrected chi connectivity index (χ0v) is 10.3. The second-order valence-corrected chi connectivity index (χ2v) is 4.75. The lowest BCUT2D eigenvalue weighted by Gasteiger charge is -2.25. The Balaban J connectivity index is 1.81. The molecule has 0 radical (unpaired) electrons. The minimum Gasteiger partial charge on any atom is -0.481 e. The molecule has 6 nitrogen and oxygen atoms in total. The van der Waals surface area contributed by atoms with Gasteiger partial charge in [-0.25, -0.2) is 4.79 Å². The number of hydrogen-bond donors (Lipinski definition) is 2. The Hall–Kier alpha value is -1.56. The van der Waals surface area contributed by atoms with E-state index in [-0.39, 0.29) is 18.1 Å². The van der Waals surface area contributed by atoms with Gasteiger partial charge in [0.25, 0.3) is 0 Å². The highest BCUT2D eigenvalue weighted by atomic mass is 16.5. The van der Waals surface area contributed by atoms with Crippen molar-refractivity contribution in [2.75, 3.05) is 20.3 Å². The van der Waals surface area contributed by atoms with Gasteiger partial charge in [0.2, 0.25) is 0 Å². The highest BCUT2D eigenvalue weighted by Gasteiger charge is 2.28. The summed E-state index contributed by atoms with van der Waals surface area (Å²) in [4.78, 5) is 24.4. The van der Waals surface area contributed by atoms with E-state index >= 15 is 0 Å². The molecule has 0 aromatic heterocycles. The van der Waals surface area contributed by atoms with Gasteiger partial charge >= 0.3 is 12.0 Å². The van der Waals surface area contributed by atoms with E-state index in [1.807, 2.05) is 0 Å². The average molecular weight is 254 g/mol. The minimum atomic E-state index is -0.847. The SMILES string of the molecule is CN(C(=O)NC1C=CC(C(=O)O)C1)C1CCOC1. The Bertz CT molecular complexity index is 363. The number of carbonyl (C=O) groups excluding carboxylic acids is 1. The molecule has 1 heterocycles. The maximum absolute atomic E-state index is 11.9. The first kappa shape index (κ1) is 12.9. The van der Waals surface area contributed by atoms with Gasteiger partial charge in [-0.2, -0.15) is 0 Å². The average Bonchev–Trinajstić information content (AvgIpc) is 2.98. The zero-order valence-electron chi connectivity index (χ0n) is 10.3. The number of hydrogen-bond acceptors (Lipinski definition) is 3. The fourth-order valence-electron chi connectivity index (χ4n) is 2.24. The third-order valence-electron chi connectivity index (χ3n) is 3.48. The number of carboxylic acid groups (broad SMARTS) is 1. The lowest BCUT2D eigenvalue weighted by molar-refractivity contribution is -0.140. The summed E-state index contributed by atoms with van der Waals surface area (Å²) in [5, 5.41) is 11.7. The van der Waals surface area contributed by atoms with Gasteiger partial charge in [0.15, 0.2) is 0 Å². The van der Waals surface area contributed by atoms with Crippen LogP contribution in [0.5, 0.6) is 0 Å². The quantitative estimate of drug-likeness (QED) is 0.717. The molecular weight excluding hydrogens is 236 g/mol. The topological polar surface area (TPSA) is 78.9 Å². The first-order valence-corrected chi connectivity index (χ1v) is 6.10. The van der Waals surface area contributed by atoms with E-state index in [4.69, 9.17) is 9.84 Å². The molecule has 0 aromatic rings. The molecule has 1 saturated heterocycles. The van der Waals surface area contributed by atoms with Crippen molar-refractivity contribution < 1.29 is 19.4 Å². The van der Waals surface area contributed by atoms with Crippen LogP contribution < -0.4 is 5.32 Å². The van der Waals surface area contributed by atoms with Crippen molar-refractivity contribution in [3.63, 3.8) is 0 Å². The predicted octanol–water partition coefficient (Wildman–Crippen LogP) is 0.446. The number of carbonyl (C=O) groups is 2. The number of rotatable bonds is 3. The second-order valence-electron chi connectivity index (χ2n) is 4.75. The summed E-state index contributed by atoms with van der Waals surface area (Å²) in [7, 11) is 1.74. The van der Waals surface area contributed by atoms with E-state index < -0.39 is 11.9 Å². The number of amides is 2. The molecule has 2 rings (SSSR count). The summed E-state index contributed by atoms with van der Waals surface area (Å²) in [5.41, 5.74) is 0. The van der Waals surface area contributed by atoms with Gasteiger partial charge < -0.3 is 20.1 Å². The van der Waals surface area contributed by atoms with E-state index in [1.54, 1.807) is 24.1 Å². The van der Waals surface area contributed by atoms with Crippen molar-refractivity contribution in [2.45, 2.75) is 24.9 Å². The fraction of sp³-hybridized carbons (Fsp3) is 0.667. The Morgan fingerprint density at radius 1 is 1.44 bits per heavy atom. The van der Waals surface area contributed by atoms with Gasteiger partial charge in [-0.3, -0.25) is 4.79 Å². The van der Waals surface area contributed by atoms with Crippen LogP contribution in [-0.4, -0.2) is 54.4 Å². The van der Waals surface area contributed by atoms with E-state index in [0.29, 0.717) is 19.6 Å². The van der Waals surface area contributed by atoms with Crippen LogP contribution in [0.25, 0.3) is 0 Å². The number of carboxylic acids is 1. The van der Waals surface area contributed by atoms with Crippen LogP contribution in [0.15, 0.2) is 12.2 Å². The van der Waals surface area contributed by atoms with E-state index in [0.717, 1.165) is 6.42 Å². The number of ether oxygens (including phenoxy) is 1. The van der Waals surface area contributed by atoms with Gasteiger partial charge in [0, 0.05) is 13.7 Å². The van der Waals surface area contributed by atoms with Crippen molar-refractivity contribution in [3.8, 4) is 0 Å². The molecule has 3 atom stereocenters. The maximum Gasteiger partial charge on any atom is 0.317 e. The third-order valence-corrected chi connectivity index (χ3v) is 3.48. The number of urea groups is 1. The summed E-state index contributed by atoms with van der Waals surface area (Å²) >= 11 is 0. The lowest BCUT2D eigenvalue weighted by atomic mass is 10.1. The maximum atomic E-state index is 11.9. The molecule has 0 spiro atoms. The number of nitrogens with one attached hydrogen (secondary N) is 1. The standard InChI is InChI=1S/C12H18N2O4/c1-14(10-4-5-18-7-10)12(17)13-9-3-2-8(6-9)11(15)16/h2-3,8-10H,4-7H2,1H3,(H,13,17)(H,15,16).